The van der Waals surface area contributed by atoms with Crippen LogP contribution in [-0.4, -0.2) is 20.0 Å². The van der Waals surface area contributed by atoms with Crippen molar-refractivity contribution in [2.45, 2.75) is 0 Å². The molecule has 3 aromatic heterocycles. The Balaban J connectivity index is 2.21. The number of aryl methyl sites for hydroxylation is 1. The van der Waals surface area contributed by atoms with Crippen molar-refractivity contribution in [3.05, 3.63) is 55.5 Å². The van der Waals surface area contributed by atoms with E-state index in [1.807, 2.05) is 0 Å². The van der Waals surface area contributed by atoms with Crippen LogP contribution < -0.4 is 16.6 Å². The largest absolute Gasteiger partial charge is 0.332 e. The summed E-state index contributed by atoms with van der Waals surface area (Å²) in [4.78, 5) is 41.1. The number of pyridine rings is 1. The number of carbonyl (C=O) groups excluding carboxylic acids is 1. The second kappa shape index (κ2) is 5.23. The lowest BCUT2D eigenvalue weighted by molar-refractivity contribution is 0.103. The minimum absolute atomic E-state index is 0.206. The molecule has 3 heterocycles. The highest BCUT2D eigenvalue weighted by molar-refractivity contribution is 7.12. The number of fused-ring (bicyclic) bond motifs is 1. The average Bonchev–Trinajstić information content (AvgIpc) is 3.05. The molecule has 22 heavy (non-hydrogen) atoms. The molecule has 0 aliphatic carbocycles. The van der Waals surface area contributed by atoms with Crippen LogP contribution in [0.3, 0.4) is 0 Å². The summed E-state index contributed by atoms with van der Waals surface area (Å²) in [6.07, 6.45) is 1.45. The molecule has 0 unspecified atom stereocenters. The standard InChI is InChI=1S/C14H12N4O3S/c1-17-11-10(13(20)18(2)14(17)21)8(5-6-15-11)16-12(19)9-4-3-7-22-9/h3-7H,1-2H3,(H,15,16,19). The van der Waals surface area contributed by atoms with Crippen LogP contribution in [0.4, 0.5) is 5.69 Å². The van der Waals surface area contributed by atoms with E-state index in [0.29, 0.717) is 10.6 Å². The van der Waals surface area contributed by atoms with E-state index in [1.54, 1.807) is 23.6 Å². The predicted octanol–water partition coefficient (Wildman–Crippen LogP) is 0.946. The van der Waals surface area contributed by atoms with Crippen molar-refractivity contribution >= 4 is 34.0 Å². The molecule has 1 amide bonds. The van der Waals surface area contributed by atoms with Crippen LogP contribution in [0, 0.1) is 0 Å². The SMILES string of the molecule is Cn1c(=O)c2c(NC(=O)c3cccs3)ccnc2n(C)c1=O. The van der Waals surface area contributed by atoms with Gasteiger partial charge in [-0.05, 0) is 17.5 Å². The van der Waals surface area contributed by atoms with E-state index < -0.39 is 11.2 Å². The second-order valence-electron chi connectivity index (χ2n) is 4.69. The molecule has 0 aromatic carbocycles. The monoisotopic (exact) mass is 316 g/mol. The van der Waals surface area contributed by atoms with Gasteiger partial charge in [-0.25, -0.2) is 9.78 Å². The Bertz CT molecular complexity index is 986. The maximum Gasteiger partial charge on any atom is 0.332 e. The van der Waals surface area contributed by atoms with Crippen molar-refractivity contribution in [3.63, 3.8) is 0 Å². The van der Waals surface area contributed by atoms with Gasteiger partial charge in [0.25, 0.3) is 11.5 Å². The molecule has 0 spiro atoms. The van der Waals surface area contributed by atoms with Crippen molar-refractivity contribution in [2.24, 2.45) is 14.1 Å². The number of nitrogens with zero attached hydrogens (tertiary/aromatic N) is 3. The van der Waals surface area contributed by atoms with Crippen molar-refractivity contribution < 1.29 is 4.79 Å². The topological polar surface area (TPSA) is 86.0 Å². The summed E-state index contributed by atoms with van der Waals surface area (Å²) in [5.41, 5.74) is -0.393. The number of anilines is 1. The first kappa shape index (κ1) is 14.2. The number of rotatable bonds is 2. The Labute approximate surface area is 128 Å². The van der Waals surface area contributed by atoms with Crippen molar-refractivity contribution in [1.82, 2.24) is 14.1 Å². The van der Waals surface area contributed by atoms with E-state index in [2.05, 4.69) is 10.3 Å². The normalized spacial score (nSPS) is 10.8. The van der Waals surface area contributed by atoms with Gasteiger partial charge in [0, 0.05) is 20.3 Å². The van der Waals surface area contributed by atoms with Crippen LogP contribution in [0.1, 0.15) is 9.67 Å². The Morgan fingerprint density at radius 2 is 2.00 bits per heavy atom. The molecular formula is C14H12N4O3S. The van der Waals surface area contributed by atoms with E-state index in [9.17, 15) is 14.4 Å². The first-order chi connectivity index (χ1) is 10.5. The predicted molar refractivity (Wildman–Crippen MR) is 84.5 cm³/mol. The molecule has 0 fully saturated rings. The molecular weight excluding hydrogens is 304 g/mol. The summed E-state index contributed by atoms with van der Waals surface area (Å²) >= 11 is 1.30. The molecule has 0 atom stereocenters. The van der Waals surface area contributed by atoms with Gasteiger partial charge < -0.3 is 5.32 Å². The van der Waals surface area contributed by atoms with Crippen molar-refractivity contribution in [1.29, 1.82) is 0 Å². The minimum atomic E-state index is -0.493. The number of hydrogen-bond donors (Lipinski definition) is 1. The molecule has 0 aliphatic heterocycles. The molecule has 112 valence electrons. The zero-order valence-electron chi connectivity index (χ0n) is 11.9. The smallest absolute Gasteiger partial charge is 0.320 e. The van der Waals surface area contributed by atoms with Gasteiger partial charge in [0.05, 0.1) is 10.6 Å². The van der Waals surface area contributed by atoms with Gasteiger partial charge in [0.2, 0.25) is 0 Å². The van der Waals surface area contributed by atoms with E-state index in [-0.39, 0.29) is 16.9 Å². The van der Waals surface area contributed by atoms with Crippen LogP contribution in [-0.2, 0) is 14.1 Å². The number of thiophene rings is 1. The van der Waals surface area contributed by atoms with Crippen LogP contribution in [0.2, 0.25) is 0 Å². The lowest BCUT2D eigenvalue weighted by Crippen LogP contribution is -2.37. The summed E-state index contributed by atoms with van der Waals surface area (Å²) < 4.78 is 2.27. The molecule has 0 radical (unpaired) electrons. The van der Waals surface area contributed by atoms with Gasteiger partial charge in [-0.1, -0.05) is 6.07 Å². The van der Waals surface area contributed by atoms with Crippen LogP contribution in [0.5, 0.6) is 0 Å². The Hall–Kier alpha value is -2.74. The lowest BCUT2D eigenvalue weighted by atomic mass is 10.2. The summed E-state index contributed by atoms with van der Waals surface area (Å²) in [5.74, 6) is -0.307. The Kier molecular flexibility index (Phi) is 3.38. The fourth-order valence-corrected chi connectivity index (χ4v) is 2.80. The van der Waals surface area contributed by atoms with Crippen LogP contribution >= 0.6 is 11.3 Å². The summed E-state index contributed by atoms with van der Waals surface area (Å²) in [6, 6.07) is 5.00. The fraction of sp³-hybridized carbons (Fsp3) is 0.143. The highest BCUT2D eigenvalue weighted by Crippen LogP contribution is 2.18. The molecule has 3 aromatic rings. The van der Waals surface area contributed by atoms with Crippen LogP contribution in [0.25, 0.3) is 11.0 Å². The number of aromatic nitrogens is 3. The summed E-state index contributed by atoms with van der Waals surface area (Å²) in [5, 5.41) is 4.70. The lowest BCUT2D eigenvalue weighted by Gasteiger charge is -2.10. The third kappa shape index (κ3) is 2.13. The van der Waals surface area contributed by atoms with E-state index in [4.69, 9.17) is 0 Å². The summed E-state index contributed by atoms with van der Waals surface area (Å²) in [6.45, 7) is 0. The highest BCUT2D eigenvalue weighted by atomic mass is 32.1. The zero-order chi connectivity index (χ0) is 15.9. The van der Waals surface area contributed by atoms with Gasteiger partial charge in [-0.15, -0.1) is 11.3 Å². The third-order valence-corrected chi connectivity index (χ3v) is 4.20. The first-order valence-corrected chi connectivity index (χ1v) is 7.28. The number of hydrogen-bond acceptors (Lipinski definition) is 5. The molecule has 1 N–H and O–H groups in total. The maximum absolute atomic E-state index is 12.4. The van der Waals surface area contributed by atoms with Crippen molar-refractivity contribution in [3.8, 4) is 0 Å². The molecule has 0 aliphatic rings. The van der Waals surface area contributed by atoms with E-state index >= 15 is 0 Å². The first-order valence-electron chi connectivity index (χ1n) is 6.40. The minimum Gasteiger partial charge on any atom is -0.320 e. The fourth-order valence-electron chi connectivity index (χ4n) is 2.18. The van der Waals surface area contributed by atoms with E-state index in [0.717, 1.165) is 4.57 Å². The number of amides is 1. The number of nitrogens with one attached hydrogen (secondary N) is 1. The van der Waals surface area contributed by atoms with Gasteiger partial charge in [0.1, 0.15) is 5.39 Å². The molecule has 3 rings (SSSR count). The van der Waals surface area contributed by atoms with Gasteiger partial charge in [0.15, 0.2) is 5.65 Å². The molecule has 0 saturated heterocycles. The Morgan fingerprint density at radius 1 is 1.23 bits per heavy atom. The van der Waals surface area contributed by atoms with Crippen LogP contribution in [0.15, 0.2) is 39.4 Å². The quantitative estimate of drug-likeness (QED) is 0.762. The van der Waals surface area contributed by atoms with Crippen molar-refractivity contribution in [2.75, 3.05) is 5.32 Å². The third-order valence-electron chi connectivity index (χ3n) is 3.33. The van der Waals surface area contributed by atoms with Gasteiger partial charge >= 0.3 is 5.69 Å². The molecule has 7 nitrogen and oxygen atoms in total. The maximum atomic E-state index is 12.4. The van der Waals surface area contributed by atoms with Gasteiger partial charge in [-0.3, -0.25) is 18.7 Å². The molecule has 8 heteroatoms. The second-order valence-corrected chi connectivity index (χ2v) is 5.64. The van der Waals surface area contributed by atoms with Gasteiger partial charge in [-0.2, -0.15) is 0 Å². The summed E-state index contributed by atoms with van der Waals surface area (Å²) in [7, 11) is 2.92. The average molecular weight is 316 g/mol. The zero-order valence-corrected chi connectivity index (χ0v) is 12.7. The number of carbonyl (C=O) groups is 1. The molecule has 0 bridgehead atoms. The Morgan fingerprint density at radius 3 is 2.68 bits per heavy atom. The molecule has 0 saturated carbocycles. The highest BCUT2D eigenvalue weighted by Gasteiger charge is 2.15. The van der Waals surface area contributed by atoms with E-state index in [1.165, 1.54) is 36.2 Å².